The van der Waals surface area contributed by atoms with E-state index >= 15 is 0 Å². The van der Waals surface area contributed by atoms with Gasteiger partial charge in [0.15, 0.2) is 0 Å². The summed E-state index contributed by atoms with van der Waals surface area (Å²) in [4.78, 5) is 0. The number of nitrogens with one attached hydrogen (secondary N) is 1. The molecule has 1 aliphatic heterocycles. The van der Waals surface area contributed by atoms with Crippen LogP contribution in [0.3, 0.4) is 0 Å². The molecule has 1 heterocycles. The molecule has 1 aromatic carbocycles. The van der Waals surface area contributed by atoms with Gasteiger partial charge in [0, 0.05) is 13.1 Å². The lowest BCUT2D eigenvalue weighted by Crippen LogP contribution is -2.27. The fourth-order valence-electron chi connectivity index (χ4n) is 2.31. The molecule has 100 valence electrons. The van der Waals surface area contributed by atoms with Crippen LogP contribution >= 0.6 is 0 Å². The zero-order valence-electron chi connectivity index (χ0n) is 10.9. The topological polar surface area (TPSA) is 49.4 Å². The summed E-state index contributed by atoms with van der Waals surface area (Å²) in [7, 11) is -3.13. The van der Waals surface area contributed by atoms with Gasteiger partial charge in [-0.05, 0) is 24.1 Å². The monoisotopic (exact) mass is 268 g/mol. The van der Waals surface area contributed by atoms with Gasteiger partial charge in [-0.15, -0.1) is 0 Å². The van der Waals surface area contributed by atoms with Crippen molar-refractivity contribution in [3.05, 3.63) is 29.8 Å². The van der Waals surface area contributed by atoms with E-state index in [0.717, 1.165) is 17.8 Å². The largest absolute Gasteiger partial charge is 0.313 e. The van der Waals surface area contributed by atoms with E-state index in [4.69, 9.17) is 0 Å². The zero-order valence-corrected chi connectivity index (χ0v) is 11.7. The smallest absolute Gasteiger partial charge is 0.235 e. The maximum Gasteiger partial charge on any atom is 0.235 e. The van der Waals surface area contributed by atoms with Gasteiger partial charge in [-0.1, -0.05) is 32.0 Å². The zero-order chi connectivity index (χ0) is 13.2. The first kappa shape index (κ1) is 13.4. The van der Waals surface area contributed by atoms with Gasteiger partial charge < -0.3 is 5.32 Å². The summed E-state index contributed by atoms with van der Waals surface area (Å²) in [6.45, 7) is 6.18. The Labute approximate surface area is 109 Å². The highest BCUT2D eigenvalue weighted by molar-refractivity contribution is 7.93. The maximum absolute atomic E-state index is 12.1. The average molecular weight is 268 g/mol. The third-order valence-corrected chi connectivity index (χ3v) is 5.14. The molecule has 4 nitrogen and oxygen atoms in total. The molecule has 18 heavy (non-hydrogen) atoms. The van der Waals surface area contributed by atoms with Gasteiger partial charge in [0.05, 0.1) is 11.4 Å². The van der Waals surface area contributed by atoms with Crippen LogP contribution in [0.5, 0.6) is 0 Å². The molecule has 1 unspecified atom stereocenters. The summed E-state index contributed by atoms with van der Waals surface area (Å²) in [6.07, 6.45) is 0. The first-order chi connectivity index (χ1) is 8.54. The molecule has 2 rings (SSSR count). The summed E-state index contributed by atoms with van der Waals surface area (Å²) in [6, 6.07) is 7.71. The summed E-state index contributed by atoms with van der Waals surface area (Å²) in [5.41, 5.74) is 1.86. The minimum absolute atomic E-state index is 0.196. The number of anilines is 1. The SMILES string of the molecule is CCNCc1ccccc1N1CC(C)CS1(=O)=O. The highest BCUT2D eigenvalue weighted by Gasteiger charge is 2.34. The summed E-state index contributed by atoms with van der Waals surface area (Å²) < 4.78 is 25.8. The van der Waals surface area contributed by atoms with Crippen LogP contribution in [0, 0.1) is 5.92 Å². The Balaban J connectivity index is 2.33. The first-order valence-corrected chi connectivity index (χ1v) is 7.94. The lowest BCUT2D eigenvalue weighted by Gasteiger charge is -2.20. The van der Waals surface area contributed by atoms with Gasteiger partial charge >= 0.3 is 0 Å². The second kappa shape index (κ2) is 5.28. The van der Waals surface area contributed by atoms with Crippen LogP contribution < -0.4 is 9.62 Å². The molecule has 1 aliphatic rings. The van der Waals surface area contributed by atoms with E-state index in [-0.39, 0.29) is 11.7 Å². The third-order valence-electron chi connectivity index (χ3n) is 3.13. The molecule has 1 N–H and O–H groups in total. The van der Waals surface area contributed by atoms with E-state index in [0.29, 0.717) is 13.1 Å². The van der Waals surface area contributed by atoms with E-state index in [1.54, 1.807) is 4.31 Å². The van der Waals surface area contributed by atoms with E-state index in [9.17, 15) is 8.42 Å². The molecule has 0 radical (unpaired) electrons. The van der Waals surface area contributed by atoms with Crippen molar-refractivity contribution in [3.8, 4) is 0 Å². The van der Waals surface area contributed by atoms with Gasteiger partial charge in [0.2, 0.25) is 10.0 Å². The number of sulfonamides is 1. The predicted octanol–water partition coefficient (Wildman–Crippen LogP) is 1.58. The molecule has 1 fully saturated rings. The van der Waals surface area contributed by atoms with Crippen LogP contribution in [0.2, 0.25) is 0 Å². The van der Waals surface area contributed by atoms with Crippen LogP contribution in [0.1, 0.15) is 19.4 Å². The van der Waals surface area contributed by atoms with Crippen molar-refractivity contribution in [2.75, 3.05) is 23.1 Å². The molecule has 5 heteroatoms. The van der Waals surface area contributed by atoms with Gasteiger partial charge in [0.25, 0.3) is 0 Å². The molecular formula is C13H20N2O2S. The van der Waals surface area contributed by atoms with Crippen molar-refractivity contribution in [1.29, 1.82) is 0 Å². The van der Waals surface area contributed by atoms with Crippen molar-refractivity contribution < 1.29 is 8.42 Å². The Morgan fingerprint density at radius 2 is 2.11 bits per heavy atom. The van der Waals surface area contributed by atoms with Gasteiger partial charge in [-0.2, -0.15) is 0 Å². The molecule has 0 spiro atoms. The molecule has 1 saturated heterocycles. The first-order valence-electron chi connectivity index (χ1n) is 6.33. The predicted molar refractivity (Wildman–Crippen MR) is 74.1 cm³/mol. The third kappa shape index (κ3) is 2.67. The highest BCUT2D eigenvalue weighted by Crippen LogP contribution is 2.29. The highest BCUT2D eigenvalue weighted by atomic mass is 32.2. The number of hydrogen-bond donors (Lipinski definition) is 1. The lowest BCUT2D eigenvalue weighted by molar-refractivity contribution is 0.597. The number of hydrogen-bond acceptors (Lipinski definition) is 3. The fraction of sp³-hybridized carbons (Fsp3) is 0.538. The van der Waals surface area contributed by atoms with E-state index < -0.39 is 10.0 Å². The standard InChI is InChI=1S/C13H20N2O2S/c1-3-14-8-12-6-4-5-7-13(12)15-9-11(2)10-18(15,16)17/h4-7,11,14H,3,8-10H2,1-2H3. The van der Waals surface area contributed by atoms with Gasteiger partial charge in [0.1, 0.15) is 0 Å². The Kier molecular flexibility index (Phi) is 3.92. The second-order valence-corrected chi connectivity index (χ2v) is 6.76. The van der Waals surface area contributed by atoms with Crippen molar-refractivity contribution in [2.24, 2.45) is 5.92 Å². The number of para-hydroxylation sites is 1. The summed E-state index contributed by atoms with van der Waals surface area (Å²) in [5, 5.41) is 3.25. The molecule has 1 atom stereocenters. The number of nitrogens with zero attached hydrogens (tertiary/aromatic N) is 1. The van der Waals surface area contributed by atoms with E-state index in [2.05, 4.69) is 5.32 Å². The van der Waals surface area contributed by atoms with Crippen LogP contribution in [0.25, 0.3) is 0 Å². The molecule has 0 bridgehead atoms. The average Bonchev–Trinajstić information content (AvgIpc) is 2.60. The maximum atomic E-state index is 12.1. The second-order valence-electron chi connectivity index (χ2n) is 4.82. The van der Waals surface area contributed by atoms with Crippen molar-refractivity contribution in [2.45, 2.75) is 20.4 Å². The Morgan fingerprint density at radius 1 is 1.39 bits per heavy atom. The normalized spacial score (nSPS) is 22.3. The van der Waals surface area contributed by atoms with Crippen LogP contribution in [0.4, 0.5) is 5.69 Å². The number of benzene rings is 1. The summed E-state index contributed by atoms with van der Waals surface area (Å²) >= 11 is 0. The Morgan fingerprint density at radius 3 is 2.72 bits per heavy atom. The Hall–Kier alpha value is -1.07. The molecule has 0 saturated carbocycles. The Bertz CT molecular complexity index is 513. The van der Waals surface area contributed by atoms with Gasteiger partial charge in [-0.3, -0.25) is 4.31 Å². The minimum Gasteiger partial charge on any atom is -0.313 e. The molecule has 0 amide bonds. The van der Waals surface area contributed by atoms with Crippen LogP contribution in [0.15, 0.2) is 24.3 Å². The van der Waals surface area contributed by atoms with Crippen molar-refractivity contribution >= 4 is 15.7 Å². The van der Waals surface area contributed by atoms with E-state index in [1.807, 2.05) is 38.1 Å². The lowest BCUT2D eigenvalue weighted by atomic mass is 10.1. The molecule has 0 aliphatic carbocycles. The minimum atomic E-state index is -3.13. The van der Waals surface area contributed by atoms with Crippen molar-refractivity contribution in [3.63, 3.8) is 0 Å². The van der Waals surface area contributed by atoms with Crippen LogP contribution in [-0.4, -0.2) is 27.3 Å². The molecule has 1 aromatic rings. The molecular weight excluding hydrogens is 248 g/mol. The quantitative estimate of drug-likeness (QED) is 0.902. The molecule has 0 aromatic heterocycles. The summed E-state index contributed by atoms with van der Waals surface area (Å²) in [5.74, 6) is 0.449. The van der Waals surface area contributed by atoms with Crippen LogP contribution in [-0.2, 0) is 16.6 Å². The number of rotatable bonds is 4. The van der Waals surface area contributed by atoms with E-state index in [1.165, 1.54) is 0 Å². The fourth-order valence-corrected chi connectivity index (χ4v) is 4.27. The van der Waals surface area contributed by atoms with Gasteiger partial charge in [-0.25, -0.2) is 8.42 Å². The van der Waals surface area contributed by atoms with Crippen molar-refractivity contribution in [1.82, 2.24) is 5.32 Å².